The van der Waals surface area contributed by atoms with Crippen LogP contribution in [0.4, 0.5) is 5.69 Å². The van der Waals surface area contributed by atoms with Crippen molar-refractivity contribution in [1.29, 1.82) is 0 Å². The van der Waals surface area contributed by atoms with E-state index in [1.54, 1.807) is 43.3 Å². The van der Waals surface area contributed by atoms with Crippen molar-refractivity contribution in [3.8, 4) is 5.75 Å². The number of amides is 1. The predicted molar refractivity (Wildman–Crippen MR) is 136 cm³/mol. The summed E-state index contributed by atoms with van der Waals surface area (Å²) < 4.78 is 33.6. The monoisotopic (exact) mass is 495 g/mol. The number of sulfonamides is 1. The van der Waals surface area contributed by atoms with Gasteiger partial charge in [0.1, 0.15) is 18.4 Å². The highest BCUT2D eigenvalue weighted by Crippen LogP contribution is 2.26. The van der Waals surface area contributed by atoms with Crippen LogP contribution < -0.4 is 14.5 Å². The molecule has 1 fully saturated rings. The Kier molecular flexibility index (Phi) is 7.54. The molecule has 0 spiro atoms. The highest BCUT2D eigenvalue weighted by atomic mass is 32.2. The van der Waals surface area contributed by atoms with Gasteiger partial charge >= 0.3 is 0 Å². The van der Waals surface area contributed by atoms with Gasteiger partial charge in [0.05, 0.1) is 16.8 Å². The first-order chi connectivity index (χ1) is 16.4. The van der Waals surface area contributed by atoms with E-state index in [2.05, 4.69) is 10.5 Å². The molecule has 0 radical (unpaired) electrons. The summed E-state index contributed by atoms with van der Waals surface area (Å²) in [6.07, 6.45) is 1.78. The minimum Gasteiger partial charge on any atom is -0.489 e. The van der Waals surface area contributed by atoms with Crippen molar-refractivity contribution in [2.45, 2.75) is 17.9 Å². The Bertz CT molecular complexity index is 1260. The van der Waals surface area contributed by atoms with E-state index < -0.39 is 22.5 Å². The number of hydrazone groups is 1. The minimum absolute atomic E-state index is 0.109. The number of hydrogen-bond donors (Lipinski definition) is 1. The quantitative estimate of drug-likeness (QED) is 0.360. The normalized spacial score (nSPS) is 13.9. The van der Waals surface area contributed by atoms with Gasteiger partial charge in [-0.15, -0.1) is 0 Å². The van der Waals surface area contributed by atoms with E-state index in [0.717, 1.165) is 32.7 Å². The zero-order chi connectivity index (χ0) is 24.0. The second-order valence-corrected chi connectivity index (χ2v) is 10.7. The second-order valence-electron chi connectivity index (χ2n) is 7.75. The first kappa shape index (κ1) is 23.8. The molecule has 0 atom stereocenters. The zero-order valence-corrected chi connectivity index (χ0v) is 20.3. The summed E-state index contributed by atoms with van der Waals surface area (Å²) in [7, 11) is -3.96. The summed E-state index contributed by atoms with van der Waals surface area (Å²) in [5.41, 5.74) is 4.38. The number of hydrogen-bond acceptors (Lipinski definition) is 6. The Labute approximate surface area is 203 Å². The van der Waals surface area contributed by atoms with E-state index in [-0.39, 0.29) is 11.0 Å². The lowest BCUT2D eigenvalue weighted by Crippen LogP contribution is -2.40. The largest absolute Gasteiger partial charge is 0.489 e. The van der Waals surface area contributed by atoms with Gasteiger partial charge in [0, 0.05) is 11.5 Å². The third-order valence-electron chi connectivity index (χ3n) is 5.20. The number of nitrogens with one attached hydrogen (secondary N) is 1. The molecule has 0 bridgehead atoms. The number of carbonyl (C=O) groups excluding carboxylic acids is 1. The molecule has 1 N–H and O–H groups in total. The summed E-state index contributed by atoms with van der Waals surface area (Å²) in [4.78, 5) is 12.8. The Morgan fingerprint density at radius 2 is 1.74 bits per heavy atom. The van der Waals surface area contributed by atoms with Gasteiger partial charge in [-0.3, -0.25) is 9.10 Å². The van der Waals surface area contributed by atoms with E-state index in [1.165, 1.54) is 18.3 Å². The van der Waals surface area contributed by atoms with Gasteiger partial charge in [-0.2, -0.15) is 16.9 Å². The number of aryl methyl sites for hydroxylation is 1. The molecule has 3 aromatic rings. The van der Waals surface area contributed by atoms with E-state index >= 15 is 0 Å². The fourth-order valence-electron chi connectivity index (χ4n) is 3.31. The van der Waals surface area contributed by atoms with Gasteiger partial charge in [-0.25, -0.2) is 13.8 Å². The highest BCUT2D eigenvalue weighted by molar-refractivity contribution is 8.00. The predicted octanol–water partition coefficient (Wildman–Crippen LogP) is 3.83. The molecule has 0 unspecified atom stereocenters. The molecule has 176 valence electrons. The highest BCUT2D eigenvalue weighted by Gasteiger charge is 2.28. The van der Waals surface area contributed by atoms with Crippen LogP contribution in [0.15, 0.2) is 88.9 Å². The number of anilines is 1. The molecule has 7 nitrogen and oxygen atoms in total. The molecule has 1 heterocycles. The van der Waals surface area contributed by atoms with Crippen molar-refractivity contribution in [3.05, 3.63) is 90.0 Å². The summed E-state index contributed by atoms with van der Waals surface area (Å²) in [6, 6.07) is 22.5. The molecule has 1 amide bonds. The van der Waals surface area contributed by atoms with Crippen LogP contribution in [0.1, 0.15) is 11.1 Å². The third kappa shape index (κ3) is 5.78. The molecule has 1 aliphatic heterocycles. The SMILES string of the molecule is Cc1ccccc1N(CC(=O)N/N=C\c1ccc(OC2CSC2)cc1)S(=O)(=O)c1ccccc1. The minimum atomic E-state index is -3.96. The maximum Gasteiger partial charge on any atom is 0.264 e. The van der Waals surface area contributed by atoms with Gasteiger partial charge in [-0.1, -0.05) is 36.4 Å². The first-order valence-electron chi connectivity index (χ1n) is 10.7. The Balaban J connectivity index is 1.45. The van der Waals surface area contributed by atoms with Crippen molar-refractivity contribution in [2.24, 2.45) is 5.10 Å². The molecule has 34 heavy (non-hydrogen) atoms. The van der Waals surface area contributed by atoms with Crippen LogP contribution in [-0.2, 0) is 14.8 Å². The number of rotatable bonds is 9. The molecule has 0 saturated carbocycles. The summed E-state index contributed by atoms with van der Waals surface area (Å²) in [6.45, 7) is 1.39. The standard InChI is InChI=1S/C25H25N3O4S2/c1-19-7-5-6-10-24(19)28(34(30,31)23-8-3-2-4-9-23)16-25(29)27-26-15-20-11-13-21(14-12-20)32-22-17-33-18-22/h2-15,22H,16-18H2,1H3,(H,27,29)/b26-15-. The van der Waals surface area contributed by atoms with Crippen LogP contribution in [-0.4, -0.2) is 44.7 Å². The van der Waals surface area contributed by atoms with Crippen molar-refractivity contribution in [2.75, 3.05) is 22.4 Å². The van der Waals surface area contributed by atoms with E-state index in [1.807, 2.05) is 42.1 Å². The fourth-order valence-corrected chi connectivity index (χ4v) is 5.39. The van der Waals surface area contributed by atoms with Crippen LogP contribution in [0, 0.1) is 6.92 Å². The summed E-state index contributed by atoms with van der Waals surface area (Å²) in [5, 5.41) is 3.99. The van der Waals surface area contributed by atoms with Gasteiger partial charge in [0.15, 0.2) is 0 Å². The Morgan fingerprint density at radius 3 is 2.38 bits per heavy atom. The fraction of sp³-hybridized carbons (Fsp3) is 0.200. The molecule has 0 aromatic heterocycles. The van der Waals surface area contributed by atoms with Crippen LogP contribution in [0.25, 0.3) is 0 Å². The second kappa shape index (κ2) is 10.8. The lowest BCUT2D eigenvalue weighted by atomic mass is 10.2. The molecule has 9 heteroatoms. The molecular formula is C25H25N3O4S2. The lowest BCUT2D eigenvalue weighted by Gasteiger charge is -2.25. The maximum absolute atomic E-state index is 13.3. The zero-order valence-electron chi connectivity index (χ0n) is 18.6. The Morgan fingerprint density at radius 1 is 1.06 bits per heavy atom. The van der Waals surface area contributed by atoms with Crippen molar-refractivity contribution in [3.63, 3.8) is 0 Å². The number of benzene rings is 3. The number of thioether (sulfide) groups is 1. The molecule has 3 aromatic carbocycles. The van der Waals surface area contributed by atoms with Crippen molar-refractivity contribution < 1.29 is 17.9 Å². The van der Waals surface area contributed by atoms with E-state index in [9.17, 15) is 13.2 Å². The number of carbonyl (C=O) groups is 1. The molecular weight excluding hydrogens is 470 g/mol. The Hall–Kier alpha value is -3.30. The maximum atomic E-state index is 13.3. The number of nitrogens with zero attached hydrogens (tertiary/aromatic N) is 2. The van der Waals surface area contributed by atoms with Crippen molar-refractivity contribution in [1.82, 2.24) is 5.43 Å². The topological polar surface area (TPSA) is 88.1 Å². The van der Waals surface area contributed by atoms with Gasteiger partial charge in [0.2, 0.25) is 0 Å². The van der Waals surface area contributed by atoms with Gasteiger partial charge in [0.25, 0.3) is 15.9 Å². The van der Waals surface area contributed by atoms with Gasteiger partial charge < -0.3 is 4.74 Å². The van der Waals surface area contributed by atoms with Crippen LogP contribution in [0.3, 0.4) is 0 Å². The average Bonchev–Trinajstić information content (AvgIpc) is 2.82. The smallest absolute Gasteiger partial charge is 0.264 e. The van der Waals surface area contributed by atoms with E-state index in [4.69, 9.17) is 4.74 Å². The third-order valence-corrected chi connectivity index (χ3v) is 8.18. The van der Waals surface area contributed by atoms with Crippen LogP contribution >= 0.6 is 11.8 Å². The van der Waals surface area contributed by atoms with E-state index in [0.29, 0.717) is 5.69 Å². The lowest BCUT2D eigenvalue weighted by molar-refractivity contribution is -0.119. The molecule has 0 aliphatic carbocycles. The molecule has 4 rings (SSSR count). The first-order valence-corrected chi connectivity index (χ1v) is 13.3. The van der Waals surface area contributed by atoms with Gasteiger partial charge in [-0.05, 0) is 60.5 Å². The summed E-state index contributed by atoms with van der Waals surface area (Å²) >= 11 is 1.86. The number of ether oxygens (including phenoxy) is 1. The van der Waals surface area contributed by atoms with Crippen LogP contribution in [0.5, 0.6) is 5.75 Å². The molecule has 1 aliphatic rings. The number of para-hydroxylation sites is 1. The van der Waals surface area contributed by atoms with Crippen molar-refractivity contribution >= 4 is 39.6 Å². The average molecular weight is 496 g/mol. The van der Waals surface area contributed by atoms with Crippen LogP contribution in [0.2, 0.25) is 0 Å². The summed E-state index contributed by atoms with van der Waals surface area (Å²) in [5.74, 6) is 2.26. The molecule has 1 saturated heterocycles.